The molecule has 0 saturated carbocycles. The van der Waals surface area contributed by atoms with E-state index in [1.54, 1.807) is 115 Å². The monoisotopic (exact) mass is 1650 g/mol. The Morgan fingerprint density at radius 3 is 1.18 bits per heavy atom. The Kier molecular flexibility index (Phi) is 27.9. The van der Waals surface area contributed by atoms with Crippen LogP contribution in [0.25, 0.3) is 0 Å². The lowest BCUT2D eigenvalue weighted by Gasteiger charge is -2.34. The number of hydrogen-bond acceptors (Lipinski definition) is 21. The summed E-state index contributed by atoms with van der Waals surface area (Å²) in [4.78, 5) is 41.0. The minimum absolute atomic E-state index is 0.00437. The highest BCUT2D eigenvalue weighted by Gasteiger charge is 2.32. The summed E-state index contributed by atoms with van der Waals surface area (Å²) in [5, 5.41) is 10.4. The van der Waals surface area contributed by atoms with Crippen LogP contribution in [0.5, 0.6) is 0 Å². The van der Waals surface area contributed by atoms with Crippen molar-refractivity contribution >= 4 is 105 Å². The van der Waals surface area contributed by atoms with E-state index < -0.39 is 39.0 Å². The second kappa shape index (κ2) is 37.1. The maximum absolute atomic E-state index is 14.9. The van der Waals surface area contributed by atoms with Crippen molar-refractivity contribution in [1.82, 2.24) is 44.6 Å². The number of benzene rings is 7. The quantitative estimate of drug-likeness (QED) is 0.0572. The van der Waals surface area contributed by atoms with Gasteiger partial charge in [0, 0.05) is 149 Å². The summed E-state index contributed by atoms with van der Waals surface area (Å²) in [5.74, 6) is 0.409. The molecule has 10 aromatic rings. The number of aromatic nitrogens is 6. The minimum Gasteiger partial charge on any atom is -0.369 e. The van der Waals surface area contributed by atoms with Gasteiger partial charge in [0.1, 0.15) is 11.6 Å². The molecule has 114 heavy (non-hydrogen) atoms. The van der Waals surface area contributed by atoms with Crippen molar-refractivity contribution in [1.29, 1.82) is 0 Å². The zero-order chi connectivity index (χ0) is 81.9. The van der Waals surface area contributed by atoms with E-state index in [-0.39, 0.29) is 33.8 Å². The Morgan fingerprint density at radius 2 is 0.763 bits per heavy atom. The molecular weight excluding hydrogens is 1540 g/mol. The number of rotatable bonds is 22. The summed E-state index contributed by atoms with van der Waals surface area (Å²) in [5.41, 5.74) is 14.4. The topological polar surface area (TPSA) is 235 Å². The molecule has 3 fully saturated rings. The van der Waals surface area contributed by atoms with Crippen molar-refractivity contribution in [3.8, 4) is 0 Å². The lowest BCUT2D eigenvalue weighted by atomic mass is 10.0. The molecule has 604 valence electrons. The third-order valence-corrected chi connectivity index (χ3v) is 28.2. The summed E-state index contributed by atoms with van der Waals surface area (Å²) in [6.45, 7) is 27.0. The zero-order valence-corrected chi connectivity index (χ0v) is 70.9. The average molecular weight is 1650 g/mol. The number of likely N-dealkylation sites (N-methyl/N-ethyl adjacent to an activating group) is 3. The molecule has 3 aliphatic rings. The fraction of sp³-hybridized carbons (Fsp3) is 0.372. The molecule has 3 saturated heterocycles. The maximum atomic E-state index is 14.9. The van der Waals surface area contributed by atoms with E-state index in [0.29, 0.717) is 81.0 Å². The van der Waals surface area contributed by atoms with Gasteiger partial charge >= 0.3 is 0 Å². The molecule has 0 bridgehead atoms. The number of anilines is 9. The zero-order valence-electron chi connectivity index (χ0n) is 66.9. The smallest absolute Gasteiger partial charge is 0.227 e. The van der Waals surface area contributed by atoms with Crippen molar-refractivity contribution in [3.05, 3.63) is 259 Å². The van der Waals surface area contributed by atoms with Crippen LogP contribution in [0.4, 0.5) is 60.8 Å². The van der Waals surface area contributed by atoms with E-state index in [0.717, 1.165) is 140 Å². The van der Waals surface area contributed by atoms with Crippen LogP contribution < -0.4 is 30.7 Å². The van der Waals surface area contributed by atoms with Crippen LogP contribution in [-0.4, -0.2) is 179 Å². The van der Waals surface area contributed by atoms with Crippen molar-refractivity contribution in [2.24, 2.45) is 0 Å². The van der Waals surface area contributed by atoms with Crippen LogP contribution in [0, 0.1) is 32.4 Å². The van der Waals surface area contributed by atoms with E-state index in [1.807, 2.05) is 81.4 Å². The van der Waals surface area contributed by atoms with E-state index >= 15 is 0 Å². The first-order chi connectivity index (χ1) is 54.0. The molecule has 0 atom stereocenters. The Labute approximate surface area is 681 Å². The molecule has 28 heteroatoms. The molecule has 3 N–H and O–H groups in total. The molecule has 0 unspecified atom stereocenters. The molecule has 6 heterocycles. The van der Waals surface area contributed by atoms with E-state index in [4.69, 9.17) is 28.2 Å². The SMILES string of the molecule is Cc1cnc(Nc2ccc(N3CCN(C)CC3)c(F)c2)nc1Cc1ccc(Cl)c(CS(=O)(=O)C(C)(C)C)c1.Cc1cnc(Nc2ccc(N3CCN(C)CC3)c(F)c2)nc1Cc1cccc(CS(=O)(=O)C(C)(C)C)c1.Cc1cnc(Nc2ccc(N3CCN(C)CC3)cc2)nc1Cc1ccc(Cl)c(CS(=O)(=O)c2ccccc2)c1. The molecular formula is C86H103Cl2F2N15O6S3. The van der Waals surface area contributed by atoms with Gasteiger partial charge < -0.3 is 45.3 Å². The van der Waals surface area contributed by atoms with Crippen LogP contribution in [0.1, 0.15) is 109 Å². The average Bonchev–Trinajstić information content (AvgIpc) is 0.847. The van der Waals surface area contributed by atoms with Gasteiger partial charge in [-0.2, -0.15) is 0 Å². The Hall–Kier alpha value is -9.25. The molecule has 21 nitrogen and oxygen atoms in total. The molecule has 0 amide bonds. The van der Waals surface area contributed by atoms with Crippen LogP contribution in [-0.2, 0) is 66.0 Å². The van der Waals surface area contributed by atoms with Crippen molar-refractivity contribution < 1.29 is 34.0 Å². The third kappa shape index (κ3) is 23.1. The van der Waals surface area contributed by atoms with E-state index in [1.165, 1.54) is 17.8 Å². The molecule has 0 spiro atoms. The number of nitrogens with zero attached hydrogens (tertiary/aromatic N) is 12. The number of nitrogens with one attached hydrogen (secondary N) is 3. The fourth-order valence-electron chi connectivity index (χ4n) is 13.0. The summed E-state index contributed by atoms with van der Waals surface area (Å²) in [6.07, 6.45) is 6.80. The third-order valence-electron chi connectivity index (χ3n) is 20.7. The number of piperazine rings is 3. The Bertz CT molecular complexity index is 5370. The number of halogens is 4. The summed E-state index contributed by atoms with van der Waals surface area (Å²) >= 11 is 12.7. The van der Waals surface area contributed by atoms with Crippen molar-refractivity contribution in [2.45, 2.75) is 113 Å². The van der Waals surface area contributed by atoms with Gasteiger partial charge in [0.05, 0.1) is 60.1 Å². The van der Waals surface area contributed by atoms with Crippen LogP contribution >= 0.6 is 23.2 Å². The molecule has 3 aromatic heterocycles. The highest BCUT2D eigenvalue weighted by Crippen LogP contribution is 2.33. The van der Waals surface area contributed by atoms with Crippen LogP contribution in [0.15, 0.2) is 175 Å². The molecule has 0 radical (unpaired) electrons. The lowest BCUT2D eigenvalue weighted by molar-refractivity contribution is 0.311. The second-order valence-corrected chi connectivity index (χ2v) is 39.9. The first-order valence-electron chi connectivity index (χ1n) is 38.1. The predicted molar refractivity (Wildman–Crippen MR) is 458 cm³/mol. The highest BCUT2D eigenvalue weighted by atomic mass is 35.5. The largest absolute Gasteiger partial charge is 0.369 e. The standard InChI is InChI=1S/C30H32ClN5O2S.C28H35ClFN5O2S.C28H36FN5O2S/c1-22-20-32-30(33-25-9-11-26(12-10-25)36-16-14-35(2)15-17-36)34-29(22)19-23-8-13-28(31)24(18-23)21-39(37,38)27-6-4-3-5-7-27;1-19-17-31-27(32-22-7-9-26(24(30)16-22)35-12-10-34(5)11-13-35)33-25(19)15-20-6-8-23(29)21(14-20)18-38(36,37)28(2,3)4;1-20-18-30-27(31-23-9-10-26(24(29)17-23)34-13-11-33(5)12-14-34)32-25(20)16-21-7-6-8-22(15-21)19-37(35,36)28(2,3)4/h3-13,18,20H,14-17,19,21H2,1-2H3,(H,32,33,34);6-9,14,16-17H,10-13,15,18H2,1-5H3,(H,31,32,33);6-10,15,17-18H,11-14,16,19H2,1-5H3,(H,30,31,32). The predicted octanol–water partition coefficient (Wildman–Crippen LogP) is 15.6. The Balaban J connectivity index is 0.000000169. The van der Waals surface area contributed by atoms with Gasteiger partial charge in [-0.3, -0.25) is 0 Å². The van der Waals surface area contributed by atoms with Crippen LogP contribution in [0.2, 0.25) is 10.0 Å². The van der Waals surface area contributed by atoms with Crippen molar-refractivity contribution in [2.75, 3.05) is 130 Å². The first-order valence-corrected chi connectivity index (χ1v) is 43.8. The van der Waals surface area contributed by atoms with Gasteiger partial charge in [-0.25, -0.2) is 63.9 Å². The molecule has 3 aliphatic heterocycles. The van der Waals surface area contributed by atoms with Crippen molar-refractivity contribution in [3.63, 3.8) is 0 Å². The molecule has 7 aromatic carbocycles. The van der Waals surface area contributed by atoms with Crippen LogP contribution in [0.3, 0.4) is 0 Å². The minimum atomic E-state index is -3.51. The Morgan fingerprint density at radius 1 is 0.395 bits per heavy atom. The number of aryl methyl sites for hydroxylation is 3. The van der Waals surface area contributed by atoms with Gasteiger partial charge in [-0.15, -0.1) is 0 Å². The van der Waals surface area contributed by atoms with Gasteiger partial charge in [-0.05, 0) is 218 Å². The normalized spacial score (nSPS) is 14.9. The summed E-state index contributed by atoms with van der Waals surface area (Å²) < 4.78 is 105. The second-order valence-electron chi connectivity index (χ2n) is 31.6. The summed E-state index contributed by atoms with van der Waals surface area (Å²) in [7, 11) is -3.88. The first kappa shape index (κ1) is 85.6. The maximum Gasteiger partial charge on any atom is 0.227 e. The summed E-state index contributed by atoms with van der Waals surface area (Å²) in [6, 6.07) is 45.6. The number of hydrogen-bond donors (Lipinski definition) is 3. The lowest BCUT2D eigenvalue weighted by Crippen LogP contribution is -2.44. The van der Waals surface area contributed by atoms with E-state index in [9.17, 15) is 34.0 Å². The molecule has 0 aliphatic carbocycles. The highest BCUT2D eigenvalue weighted by molar-refractivity contribution is 7.92. The van der Waals surface area contributed by atoms with Gasteiger partial charge in [0.15, 0.2) is 29.5 Å². The van der Waals surface area contributed by atoms with Gasteiger partial charge in [-0.1, -0.05) is 89.9 Å². The van der Waals surface area contributed by atoms with Gasteiger partial charge in [0.2, 0.25) is 17.8 Å². The van der Waals surface area contributed by atoms with E-state index in [2.05, 4.69) is 116 Å². The fourth-order valence-corrected chi connectivity index (χ4v) is 17.1. The number of sulfone groups is 3. The molecule has 13 rings (SSSR count). The van der Waals surface area contributed by atoms with Gasteiger partial charge in [0.25, 0.3) is 0 Å².